The average molecular weight is 261 g/mol. The number of alkyl halides is 1. The summed E-state index contributed by atoms with van der Waals surface area (Å²) < 4.78 is 5.13. The molecule has 0 unspecified atom stereocenters. The molecule has 0 radical (unpaired) electrons. The number of hydrogen-bond donors (Lipinski definition) is 0. The molecule has 2 rings (SSSR count). The Morgan fingerprint density at radius 2 is 2.31 bits per heavy atom. The molecule has 68 valence electrons. The van der Waals surface area contributed by atoms with E-state index in [-0.39, 0.29) is 0 Å². The summed E-state index contributed by atoms with van der Waals surface area (Å²) in [6.07, 6.45) is 0.855. The molecule has 0 fully saturated rings. The minimum Gasteiger partial charge on any atom is -0.354 e. The fourth-order valence-corrected chi connectivity index (χ4v) is 1.83. The molecule has 4 heteroatoms. The maximum absolute atomic E-state index is 5.93. The second-order valence-electron chi connectivity index (χ2n) is 2.68. The van der Waals surface area contributed by atoms with Gasteiger partial charge in [0.15, 0.2) is 5.58 Å². The first kappa shape index (κ1) is 9.03. The van der Waals surface area contributed by atoms with Crippen molar-refractivity contribution in [3.63, 3.8) is 0 Å². The topological polar surface area (TPSA) is 26.0 Å². The van der Waals surface area contributed by atoms with Gasteiger partial charge in [0.1, 0.15) is 0 Å². The number of fused-ring (bicyclic) bond motifs is 1. The van der Waals surface area contributed by atoms with Gasteiger partial charge in [-0.25, -0.2) is 0 Å². The van der Waals surface area contributed by atoms with E-state index < -0.39 is 0 Å². The number of benzene rings is 1. The smallest absolute Gasteiger partial charge is 0.185 e. The van der Waals surface area contributed by atoms with E-state index in [9.17, 15) is 0 Å². The fourth-order valence-electron chi connectivity index (χ4n) is 1.25. The Labute approximate surface area is 89.0 Å². The Kier molecular flexibility index (Phi) is 2.56. The first-order chi connectivity index (χ1) is 6.33. The van der Waals surface area contributed by atoms with Crippen LogP contribution >= 0.6 is 27.5 Å². The molecule has 0 saturated carbocycles. The normalized spacial score (nSPS) is 10.9. The van der Waals surface area contributed by atoms with E-state index in [1.54, 1.807) is 6.07 Å². The van der Waals surface area contributed by atoms with E-state index in [4.69, 9.17) is 16.1 Å². The zero-order valence-electron chi connectivity index (χ0n) is 6.76. The number of aryl methyl sites for hydroxylation is 1. The lowest BCUT2D eigenvalue weighted by atomic mass is 10.2. The minimum atomic E-state index is 0.617. The van der Waals surface area contributed by atoms with Crippen LogP contribution in [-0.2, 0) is 6.42 Å². The largest absolute Gasteiger partial charge is 0.354 e. The van der Waals surface area contributed by atoms with Crippen LogP contribution in [0.25, 0.3) is 11.0 Å². The third kappa shape index (κ3) is 1.58. The zero-order valence-corrected chi connectivity index (χ0v) is 9.10. The van der Waals surface area contributed by atoms with Crippen molar-refractivity contribution in [1.29, 1.82) is 0 Å². The Morgan fingerprint density at radius 3 is 3.08 bits per heavy atom. The van der Waals surface area contributed by atoms with Gasteiger partial charge in [0, 0.05) is 17.1 Å². The molecule has 0 atom stereocenters. The number of rotatable bonds is 2. The van der Waals surface area contributed by atoms with Crippen LogP contribution in [0.1, 0.15) is 5.69 Å². The van der Waals surface area contributed by atoms with E-state index in [2.05, 4.69) is 21.1 Å². The SMILES string of the molecule is Clc1cccc2c(CCBr)noc12. The summed E-state index contributed by atoms with van der Waals surface area (Å²) in [5.41, 5.74) is 1.63. The molecule has 1 aromatic carbocycles. The van der Waals surface area contributed by atoms with Gasteiger partial charge >= 0.3 is 0 Å². The van der Waals surface area contributed by atoms with E-state index >= 15 is 0 Å². The average Bonchev–Trinajstić information content (AvgIpc) is 2.51. The van der Waals surface area contributed by atoms with E-state index in [1.807, 2.05) is 12.1 Å². The maximum Gasteiger partial charge on any atom is 0.185 e. The van der Waals surface area contributed by atoms with Gasteiger partial charge in [0.2, 0.25) is 0 Å². The highest BCUT2D eigenvalue weighted by Crippen LogP contribution is 2.25. The minimum absolute atomic E-state index is 0.617. The summed E-state index contributed by atoms with van der Waals surface area (Å²) in [4.78, 5) is 0. The van der Waals surface area contributed by atoms with Crippen molar-refractivity contribution < 1.29 is 4.52 Å². The Morgan fingerprint density at radius 1 is 1.46 bits per heavy atom. The molecule has 13 heavy (non-hydrogen) atoms. The second-order valence-corrected chi connectivity index (χ2v) is 3.88. The van der Waals surface area contributed by atoms with Crippen LogP contribution in [0, 0.1) is 0 Å². The zero-order chi connectivity index (χ0) is 9.26. The highest BCUT2D eigenvalue weighted by atomic mass is 79.9. The number of para-hydroxylation sites is 1. The summed E-state index contributed by atoms with van der Waals surface area (Å²) in [6, 6.07) is 5.67. The van der Waals surface area contributed by atoms with Gasteiger partial charge in [-0.3, -0.25) is 0 Å². The van der Waals surface area contributed by atoms with Crippen LogP contribution in [0.5, 0.6) is 0 Å². The van der Waals surface area contributed by atoms with E-state index in [1.165, 1.54) is 0 Å². The maximum atomic E-state index is 5.93. The molecule has 0 aliphatic heterocycles. The molecule has 0 saturated heterocycles. The van der Waals surface area contributed by atoms with Crippen LogP contribution in [0.2, 0.25) is 5.02 Å². The highest BCUT2D eigenvalue weighted by molar-refractivity contribution is 9.09. The lowest BCUT2D eigenvalue weighted by Crippen LogP contribution is -1.85. The van der Waals surface area contributed by atoms with Gasteiger partial charge in [0.05, 0.1) is 10.7 Å². The molecule has 0 aliphatic rings. The van der Waals surface area contributed by atoms with Gasteiger partial charge in [-0.1, -0.05) is 38.8 Å². The van der Waals surface area contributed by atoms with Crippen molar-refractivity contribution in [3.8, 4) is 0 Å². The number of hydrogen-bond acceptors (Lipinski definition) is 2. The van der Waals surface area contributed by atoms with Crippen LogP contribution in [-0.4, -0.2) is 10.5 Å². The molecular formula is C9H7BrClNO. The molecule has 0 N–H and O–H groups in total. The van der Waals surface area contributed by atoms with Crippen molar-refractivity contribution in [3.05, 3.63) is 28.9 Å². The molecule has 0 amide bonds. The summed E-state index contributed by atoms with van der Waals surface area (Å²) in [5, 5.41) is 6.46. The molecule has 2 aromatic rings. The van der Waals surface area contributed by atoms with Crippen molar-refractivity contribution in [2.75, 3.05) is 5.33 Å². The van der Waals surface area contributed by atoms with Crippen molar-refractivity contribution in [2.24, 2.45) is 0 Å². The monoisotopic (exact) mass is 259 g/mol. The van der Waals surface area contributed by atoms with Crippen LogP contribution in [0.15, 0.2) is 22.7 Å². The fraction of sp³-hybridized carbons (Fsp3) is 0.222. The van der Waals surface area contributed by atoms with Gasteiger partial charge in [-0.2, -0.15) is 0 Å². The molecular weight excluding hydrogens is 253 g/mol. The molecule has 0 aliphatic carbocycles. The quantitative estimate of drug-likeness (QED) is 0.773. The lowest BCUT2D eigenvalue weighted by molar-refractivity contribution is 0.447. The molecule has 1 aromatic heterocycles. The number of nitrogens with zero attached hydrogens (tertiary/aromatic N) is 1. The third-order valence-corrected chi connectivity index (χ3v) is 2.55. The third-order valence-electron chi connectivity index (χ3n) is 1.86. The van der Waals surface area contributed by atoms with Gasteiger partial charge in [-0.15, -0.1) is 0 Å². The highest BCUT2D eigenvalue weighted by Gasteiger charge is 2.09. The van der Waals surface area contributed by atoms with E-state index in [0.717, 1.165) is 22.8 Å². The van der Waals surface area contributed by atoms with Crippen molar-refractivity contribution in [1.82, 2.24) is 5.16 Å². The van der Waals surface area contributed by atoms with Gasteiger partial charge in [0.25, 0.3) is 0 Å². The predicted molar refractivity (Wildman–Crippen MR) is 56.5 cm³/mol. The summed E-state index contributed by atoms with van der Waals surface area (Å²) in [7, 11) is 0. The first-order valence-corrected chi connectivity index (χ1v) is 5.41. The van der Waals surface area contributed by atoms with Gasteiger partial charge in [-0.05, 0) is 12.1 Å². The van der Waals surface area contributed by atoms with Gasteiger partial charge < -0.3 is 4.52 Å². The molecule has 2 nitrogen and oxygen atoms in total. The van der Waals surface area contributed by atoms with Crippen molar-refractivity contribution in [2.45, 2.75) is 6.42 Å². The summed E-state index contributed by atoms with van der Waals surface area (Å²) in [6.45, 7) is 0. The van der Waals surface area contributed by atoms with Crippen LogP contribution in [0.3, 0.4) is 0 Å². The molecule has 0 spiro atoms. The predicted octanol–water partition coefficient (Wildman–Crippen LogP) is 3.42. The standard InChI is InChI=1S/C9H7BrClNO/c10-5-4-8-6-2-1-3-7(11)9(6)13-12-8/h1-3H,4-5H2. The van der Waals surface area contributed by atoms with Crippen molar-refractivity contribution >= 4 is 38.5 Å². The summed E-state index contributed by atoms with van der Waals surface area (Å²) >= 11 is 9.29. The first-order valence-electron chi connectivity index (χ1n) is 3.91. The molecule has 0 bridgehead atoms. The molecule has 1 heterocycles. The Balaban J connectivity index is 2.61. The summed E-state index contributed by atoms with van der Waals surface area (Å²) in [5.74, 6) is 0. The Hall–Kier alpha value is -0.540. The van der Waals surface area contributed by atoms with Crippen LogP contribution in [0.4, 0.5) is 0 Å². The Bertz CT molecular complexity index is 426. The van der Waals surface area contributed by atoms with E-state index in [0.29, 0.717) is 10.6 Å². The lowest BCUT2D eigenvalue weighted by Gasteiger charge is -1.91. The number of halogens is 2. The second kappa shape index (κ2) is 3.68. The number of aromatic nitrogens is 1. The van der Waals surface area contributed by atoms with Crippen LogP contribution < -0.4 is 0 Å².